The maximum absolute atomic E-state index is 14.8. The third-order valence-electron chi connectivity index (χ3n) is 5.51. The van der Waals surface area contributed by atoms with Crippen LogP contribution in [-0.4, -0.2) is 11.7 Å². The summed E-state index contributed by atoms with van der Waals surface area (Å²) in [5.41, 5.74) is 1.78. The van der Waals surface area contributed by atoms with Gasteiger partial charge in [0, 0.05) is 23.3 Å². The molecule has 4 rings (SSSR count). The minimum absolute atomic E-state index is 0.0294. The number of rotatable bonds is 8. The highest BCUT2D eigenvalue weighted by atomic mass is 19.2. The molecule has 0 aliphatic rings. The number of hydrogen-bond acceptors (Lipinski definition) is 3. The number of hydrogen-bond donors (Lipinski definition) is 1. The largest absolute Gasteiger partial charge is 0.508 e. The molecule has 180 valence electrons. The van der Waals surface area contributed by atoms with Gasteiger partial charge >= 0.3 is 0 Å². The summed E-state index contributed by atoms with van der Waals surface area (Å²) in [5, 5.41) is 9.39. The highest BCUT2D eigenvalue weighted by molar-refractivity contribution is 5.72. The Bertz CT molecular complexity index is 1320. The molecule has 3 nitrogen and oxygen atoms in total. The normalized spacial score (nSPS) is 11.0. The number of benzene rings is 4. The maximum atomic E-state index is 14.8. The number of aromatic hydroxyl groups is 1. The Kier molecular flexibility index (Phi) is 7.36. The number of phenolic OH excluding ortho intramolecular Hbond substituents is 1. The van der Waals surface area contributed by atoms with E-state index in [0.29, 0.717) is 23.3 Å². The van der Waals surface area contributed by atoms with E-state index in [1.807, 2.05) is 0 Å². The van der Waals surface area contributed by atoms with Crippen molar-refractivity contribution in [2.24, 2.45) is 0 Å². The average molecular weight is 482 g/mol. The smallest absolute Gasteiger partial charge is 0.200 e. The summed E-state index contributed by atoms with van der Waals surface area (Å²) < 4.78 is 68.6. The van der Waals surface area contributed by atoms with Crippen molar-refractivity contribution >= 4 is 0 Å². The van der Waals surface area contributed by atoms with E-state index < -0.39 is 23.3 Å². The van der Waals surface area contributed by atoms with Gasteiger partial charge in [-0.3, -0.25) is 0 Å². The van der Waals surface area contributed by atoms with Gasteiger partial charge in [-0.25, -0.2) is 13.2 Å². The molecule has 0 heterocycles. The first kappa shape index (κ1) is 24.3. The van der Waals surface area contributed by atoms with Crippen molar-refractivity contribution in [3.05, 3.63) is 107 Å². The second-order valence-electron chi connectivity index (χ2n) is 7.81. The Morgan fingerprint density at radius 3 is 1.77 bits per heavy atom. The molecular weight excluding hydrogens is 460 g/mol. The standard InChI is InChI=1S/C28H22F4O3/c1-2-34-16-20-9-14-24(28(32)25(20)29)35-15-17-3-5-18(6-4-17)22-12-13-23(27(31)26(22)30)19-7-10-21(33)11-8-19/h3-14,33H,2,15-16H2,1H3. The van der Waals surface area contributed by atoms with Gasteiger partial charge in [0.25, 0.3) is 0 Å². The van der Waals surface area contributed by atoms with Crippen LogP contribution < -0.4 is 4.74 Å². The van der Waals surface area contributed by atoms with Crippen LogP contribution in [-0.2, 0) is 18.0 Å². The van der Waals surface area contributed by atoms with Gasteiger partial charge in [0.2, 0.25) is 5.82 Å². The van der Waals surface area contributed by atoms with Crippen molar-refractivity contribution in [3.8, 4) is 33.8 Å². The van der Waals surface area contributed by atoms with Crippen LogP contribution in [0.3, 0.4) is 0 Å². The van der Waals surface area contributed by atoms with Gasteiger partial charge in [-0.15, -0.1) is 0 Å². The molecule has 0 atom stereocenters. The lowest BCUT2D eigenvalue weighted by atomic mass is 9.98. The fraction of sp³-hybridized carbons (Fsp3) is 0.143. The van der Waals surface area contributed by atoms with Crippen molar-refractivity contribution in [1.82, 2.24) is 0 Å². The molecule has 0 saturated carbocycles. The van der Waals surface area contributed by atoms with E-state index in [9.17, 15) is 22.7 Å². The molecule has 1 N–H and O–H groups in total. The predicted molar refractivity (Wildman–Crippen MR) is 125 cm³/mol. The first-order valence-corrected chi connectivity index (χ1v) is 10.9. The van der Waals surface area contributed by atoms with Crippen molar-refractivity contribution in [2.75, 3.05) is 6.61 Å². The molecule has 0 aliphatic carbocycles. The zero-order valence-corrected chi connectivity index (χ0v) is 18.8. The lowest BCUT2D eigenvalue weighted by Crippen LogP contribution is -2.03. The Morgan fingerprint density at radius 2 is 1.20 bits per heavy atom. The summed E-state index contributed by atoms with van der Waals surface area (Å²) in [7, 11) is 0. The summed E-state index contributed by atoms with van der Waals surface area (Å²) in [6.07, 6.45) is 0. The quantitative estimate of drug-likeness (QED) is 0.266. The number of phenols is 1. The molecule has 0 radical (unpaired) electrons. The van der Waals surface area contributed by atoms with Crippen molar-refractivity contribution in [1.29, 1.82) is 0 Å². The molecule has 0 unspecified atom stereocenters. The van der Waals surface area contributed by atoms with E-state index in [1.165, 1.54) is 48.5 Å². The molecule has 35 heavy (non-hydrogen) atoms. The highest BCUT2D eigenvalue weighted by Gasteiger charge is 2.17. The summed E-state index contributed by atoms with van der Waals surface area (Å²) in [6.45, 7) is 2.06. The van der Waals surface area contributed by atoms with E-state index in [2.05, 4.69) is 0 Å². The van der Waals surface area contributed by atoms with Crippen molar-refractivity contribution in [2.45, 2.75) is 20.1 Å². The minimum atomic E-state index is -1.09. The Hall–Kier alpha value is -3.84. The van der Waals surface area contributed by atoms with Gasteiger partial charge in [-0.05, 0) is 47.9 Å². The first-order valence-electron chi connectivity index (χ1n) is 10.9. The molecule has 0 saturated heterocycles. The SMILES string of the molecule is CCOCc1ccc(OCc2ccc(-c3ccc(-c4ccc(O)cc4)c(F)c3F)cc2)c(F)c1F. The topological polar surface area (TPSA) is 38.7 Å². The van der Waals surface area contributed by atoms with Gasteiger partial charge < -0.3 is 14.6 Å². The molecule has 0 amide bonds. The van der Waals surface area contributed by atoms with E-state index in [0.717, 1.165) is 0 Å². The number of ether oxygens (including phenoxy) is 2. The van der Waals surface area contributed by atoms with Crippen LogP contribution in [0, 0.1) is 23.3 Å². The summed E-state index contributed by atoms with van der Waals surface area (Å²) in [5.74, 6) is -4.30. The zero-order chi connectivity index (χ0) is 24.9. The molecule has 4 aromatic carbocycles. The van der Waals surface area contributed by atoms with Gasteiger partial charge in [-0.2, -0.15) is 4.39 Å². The highest BCUT2D eigenvalue weighted by Crippen LogP contribution is 2.32. The molecule has 0 bridgehead atoms. The van der Waals surface area contributed by atoms with E-state index in [1.54, 1.807) is 31.2 Å². The van der Waals surface area contributed by atoms with Crippen molar-refractivity contribution < 1.29 is 32.1 Å². The molecule has 0 fully saturated rings. The third-order valence-corrected chi connectivity index (χ3v) is 5.51. The van der Waals surface area contributed by atoms with Crippen molar-refractivity contribution in [3.63, 3.8) is 0 Å². The first-order chi connectivity index (χ1) is 16.9. The van der Waals surface area contributed by atoms with E-state index in [4.69, 9.17) is 9.47 Å². The monoisotopic (exact) mass is 482 g/mol. The van der Waals surface area contributed by atoms with Crippen LogP contribution >= 0.6 is 0 Å². The fourth-order valence-electron chi connectivity index (χ4n) is 3.58. The van der Waals surface area contributed by atoms with Gasteiger partial charge in [0.1, 0.15) is 12.4 Å². The van der Waals surface area contributed by atoms with Crippen LogP contribution in [0.2, 0.25) is 0 Å². The average Bonchev–Trinajstić information content (AvgIpc) is 2.87. The molecule has 4 aromatic rings. The summed E-state index contributed by atoms with van der Waals surface area (Å²) in [6, 6.07) is 18.0. The fourth-order valence-corrected chi connectivity index (χ4v) is 3.58. The van der Waals surface area contributed by atoms with E-state index in [-0.39, 0.29) is 41.4 Å². The second-order valence-corrected chi connectivity index (χ2v) is 7.81. The van der Waals surface area contributed by atoms with Crippen LogP contribution in [0.25, 0.3) is 22.3 Å². The molecule has 0 aliphatic heterocycles. The molecule has 0 aromatic heterocycles. The molecule has 0 spiro atoms. The van der Waals surface area contributed by atoms with E-state index >= 15 is 0 Å². The summed E-state index contributed by atoms with van der Waals surface area (Å²) >= 11 is 0. The van der Waals surface area contributed by atoms with Crippen LogP contribution in [0.1, 0.15) is 18.1 Å². The Labute approximate surface area is 200 Å². The van der Waals surface area contributed by atoms with Gasteiger partial charge in [0.15, 0.2) is 23.2 Å². The Balaban J connectivity index is 1.48. The van der Waals surface area contributed by atoms with Crippen LogP contribution in [0.15, 0.2) is 72.8 Å². The van der Waals surface area contributed by atoms with Crippen LogP contribution in [0.4, 0.5) is 17.6 Å². The zero-order valence-electron chi connectivity index (χ0n) is 18.8. The number of halogens is 4. The summed E-state index contributed by atoms with van der Waals surface area (Å²) in [4.78, 5) is 0. The Morgan fingerprint density at radius 1 is 0.629 bits per heavy atom. The lowest BCUT2D eigenvalue weighted by Gasteiger charge is -2.12. The second kappa shape index (κ2) is 10.6. The van der Waals surface area contributed by atoms with Gasteiger partial charge in [0.05, 0.1) is 6.61 Å². The predicted octanol–water partition coefficient (Wildman–Crippen LogP) is 7.40. The lowest BCUT2D eigenvalue weighted by molar-refractivity contribution is 0.130. The molecular formula is C28H22F4O3. The van der Waals surface area contributed by atoms with Gasteiger partial charge in [-0.1, -0.05) is 48.5 Å². The minimum Gasteiger partial charge on any atom is -0.508 e. The third kappa shape index (κ3) is 5.30. The maximum Gasteiger partial charge on any atom is 0.200 e. The molecule has 7 heteroatoms. The van der Waals surface area contributed by atoms with Crippen LogP contribution in [0.5, 0.6) is 11.5 Å².